The Hall–Kier alpha value is -4.53. The number of hydrogen-bond donors (Lipinski definition) is 1. The minimum absolute atomic E-state index is 0.0225. The topological polar surface area (TPSA) is 117 Å². The first-order valence-corrected chi connectivity index (χ1v) is 14.1. The van der Waals surface area contributed by atoms with Crippen LogP contribution in [0.25, 0.3) is 11.0 Å². The van der Waals surface area contributed by atoms with E-state index in [0.717, 1.165) is 55.2 Å². The Labute approximate surface area is 241 Å². The number of fused-ring (bicyclic) bond motifs is 2. The van der Waals surface area contributed by atoms with Crippen LogP contribution in [-0.2, 0) is 24.4 Å². The van der Waals surface area contributed by atoms with Crippen molar-refractivity contribution in [2.45, 2.75) is 50.7 Å². The van der Waals surface area contributed by atoms with Gasteiger partial charge < -0.3 is 24.0 Å². The molecule has 0 radical (unpaired) electrons. The Morgan fingerprint density at radius 1 is 1.14 bits per heavy atom. The van der Waals surface area contributed by atoms with Crippen molar-refractivity contribution in [1.82, 2.24) is 19.4 Å². The number of carboxylic acids is 1. The Bertz CT molecular complexity index is 1710. The number of hydrogen-bond acceptors (Lipinski definition) is 8. The van der Waals surface area contributed by atoms with Crippen LogP contribution in [0.2, 0.25) is 0 Å². The summed E-state index contributed by atoms with van der Waals surface area (Å²) in [5.41, 5.74) is 2.51. The van der Waals surface area contributed by atoms with E-state index in [9.17, 15) is 14.3 Å². The number of pyridine rings is 1. The fourth-order valence-corrected chi connectivity index (χ4v) is 5.92. The first-order chi connectivity index (χ1) is 20.5. The molecule has 1 aliphatic carbocycles. The van der Waals surface area contributed by atoms with Crippen molar-refractivity contribution in [2.75, 3.05) is 24.6 Å². The number of nitriles is 1. The van der Waals surface area contributed by atoms with Crippen LogP contribution in [0, 0.1) is 17.1 Å². The molecule has 4 aromatic rings. The van der Waals surface area contributed by atoms with Crippen molar-refractivity contribution in [2.24, 2.45) is 0 Å². The largest absolute Gasteiger partial charge is 0.478 e. The zero-order valence-electron chi connectivity index (χ0n) is 22.8. The normalized spacial score (nSPS) is 21.4. The lowest BCUT2D eigenvalue weighted by atomic mass is 10.1. The van der Waals surface area contributed by atoms with E-state index in [1.165, 1.54) is 6.07 Å². The zero-order valence-corrected chi connectivity index (χ0v) is 22.8. The van der Waals surface area contributed by atoms with E-state index in [2.05, 4.69) is 14.4 Å². The summed E-state index contributed by atoms with van der Waals surface area (Å²) in [6, 6.07) is 17.7. The molecule has 7 rings (SSSR count). The number of anilines is 1. The molecule has 10 nitrogen and oxygen atoms in total. The third-order valence-corrected chi connectivity index (χ3v) is 8.38. The summed E-state index contributed by atoms with van der Waals surface area (Å²) in [4.78, 5) is 26.0. The first-order valence-electron chi connectivity index (χ1n) is 14.1. The molecule has 2 aromatic heterocycles. The van der Waals surface area contributed by atoms with Gasteiger partial charge in [-0.25, -0.2) is 14.2 Å². The Kier molecular flexibility index (Phi) is 6.72. The van der Waals surface area contributed by atoms with E-state index < -0.39 is 11.8 Å². The summed E-state index contributed by atoms with van der Waals surface area (Å²) in [5.74, 6) is 0.746. The summed E-state index contributed by atoms with van der Waals surface area (Å²) in [6.45, 7) is 3.72. The number of benzene rings is 2. The van der Waals surface area contributed by atoms with Crippen molar-refractivity contribution >= 4 is 22.8 Å². The highest BCUT2D eigenvalue weighted by Gasteiger charge is 2.49. The van der Waals surface area contributed by atoms with Gasteiger partial charge in [0, 0.05) is 43.4 Å². The van der Waals surface area contributed by atoms with Gasteiger partial charge in [-0.3, -0.25) is 4.90 Å². The third-order valence-electron chi connectivity index (χ3n) is 8.38. The van der Waals surface area contributed by atoms with E-state index >= 15 is 0 Å². The van der Waals surface area contributed by atoms with Crippen LogP contribution >= 0.6 is 0 Å². The molecule has 2 saturated heterocycles. The number of piperazine rings is 1. The van der Waals surface area contributed by atoms with Gasteiger partial charge in [0.15, 0.2) is 0 Å². The smallest absolute Gasteiger partial charge is 0.335 e. The lowest BCUT2D eigenvalue weighted by Crippen LogP contribution is -2.46. The lowest BCUT2D eigenvalue weighted by molar-refractivity contribution is -0.0592. The van der Waals surface area contributed by atoms with E-state index in [0.29, 0.717) is 36.6 Å². The molecule has 3 aliphatic rings. The standard InChI is InChI=1S/C31H29FN6O4/c32-23-12-19(15-33)4-5-21(23)18-42-30-3-1-2-28(35-30)37-10-9-36(26-14-27(26)37)17-29-34-24-7-6-20(31(39)40)13-25(24)38(29)16-22-8-11-41-22/h1-7,12-13,22,26-27H,8-11,14,16-18H2,(H,39,40)/t22-,26-,27?/m0/s1. The number of imidazole rings is 1. The van der Waals surface area contributed by atoms with Crippen LogP contribution in [0.1, 0.15) is 40.2 Å². The molecular weight excluding hydrogens is 539 g/mol. The highest BCUT2D eigenvalue weighted by Crippen LogP contribution is 2.40. The van der Waals surface area contributed by atoms with E-state index in [-0.39, 0.29) is 23.8 Å². The molecule has 3 fully saturated rings. The fourth-order valence-electron chi connectivity index (χ4n) is 5.92. The Balaban J connectivity index is 1.04. The van der Waals surface area contributed by atoms with Gasteiger partial charge in [-0.05, 0) is 49.2 Å². The van der Waals surface area contributed by atoms with E-state index in [4.69, 9.17) is 24.7 Å². The molecule has 2 aromatic carbocycles. The van der Waals surface area contributed by atoms with Crippen molar-refractivity contribution in [3.05, 3.63) is 82.9 Å². The van der Waals surface area contributed by atoms with Crippen molar-refractivity contribution in [3.8, 4) is 11.9 Å². The molecule has 1 N–H and O–H groups in total. The molecule has 11 heteroatoms. The van der Waals surface area contributed by atoms with Gasteiger partial charge in [-0.15, -0.1) is 0 Å². The Morgan fingerprint density at radius 3 is 2.79 bits per heavy atom. The minimum atomic E-state index is -0.951. The molecule has 3 atom stereocenters. The van der Waals surface area contributed by atoms with Crippen molar-refractivity contribution < 1.29 is 23.8 Å². The molecular formula is C31H29FN6O4. The SMILES string of the molecule is N#Cc1ccc(COc2cccc(N3CCN(Cc4nc5ccc(C(=O)O)cc5n4C[C@@H]4CCO4)[C@H]4CC43)n2)c(F)c1. The van der Waals surface area contributed by atoms with Crippen LogP contribution in [0.4, 0.5) is 10.2 Å². The van der Waals surface area contributed by atoms with Gasteiger partial charge in [0.2, 0.25) is 5.88 Å². The first kappa shape index (κ1) is 26.4. The van der Waals surface area contributed by atoms with Crippen molar-refractivity contribution in [3.63, 3.8) is 0 Å². The van der Waals surface area contributed by atoms with Gasteiger partial charge in [-0.2, -0.15) is 10.2 Å². The number of aromatic nitrogens is 3. The van der Waals surface area contributed by atoms with Gasteiger partial charge >= 0.3 is 5.97 Å². The van der Waals surface area contributed by atoms with Crippen molar-refractivity contribution in [1.29, 1.82) is 5.26 Å². The van der Waals surface area contributed by atoms with Crippen LogP contribution in [0.5, 0.6) is 5.88 Å². The van der Waals surface area contributed by atoms with Crippen LogP contribution in [-0.4, -0.2) is 68.4 Å². The minimum Gasteiger partial charge on any atom is -0.478 e. The number of nitrogens with zero attached hydrogens (tertiary/aromatic N) is 6. The van der Waals surface area contributed by atoms with Crippen LogP contribution in [0.3, 0.4) is 0 Å². The third kappa shape index (κ3) is 5.04. The average Bonchev–Trinajstić information content (AvgIpc) is 3.71. The fraction of sp³-hybridized carbons (Fsp3) is 0.355. The highest BCUT2D eigenvalue weighted by molar-refractivity contribution is 5.92. The molecule has 42 heavy (non-hydrogen) atoms. The predicted octanol–water partition coefficient (Wildman–Crippen LogP) is 3.97. The number of carboxylic acid groups (broad SMARTS) is 1. The van der Waals surface area contributed by atoms with Crippen LogP contribution < -0.4 is 9.64 Å². The summed E-state index contributed by atoms with van der Waals surface area (Å²) >= 11 is 0. The molecule has 1 saturated carbocycles. The summed E-state index contributed by atoms with van der Waals surface area (Å²) in [7, 11) is 0. The van der Waals surface area contributed by atoms with Gasteiger partial charge in [0.1, 0.15) is 24.1 Å². The molecule has 2 aliphatic heterocycles. The van der Waals surface area contributed by atoms with Gasteiger partial charge in [0.05, 0.1) is 47.4 Å². The second-order valence-electron chi connectivity index (χ2n) is 11.0. The van der Waals surface area contributed by atoms with E-state index in [1.807, 2.05) is 18.2 Å². The number of carbonyl (C=O) groups is 1. The Morgan fingerprint density at radius 2 is 2.02 bits per heavy atom. The maximum absolute atomic E-state index is 14.3. The molecule has 1 unspecified atom stereocenters. The second kappa shape index (κ2) is 10.7. The van der Waals surface area contributed by atoms with Gasteiger partial charge in [-0.1, -0.05) is 12.1 Å². The quantitative estimate of drug-likeness (QED) is 0.320. The second-order valence-corrected chi connectivity index (χ2v) is 11.0. The maximum Gasteiger partial charge on any atom is 0.335 e. The number of aromatic carboxylic acids is 1. The molecule has 0 bridgehead atoms. The van der Waals surface area contributed by atoms with Crippen LogP contribution in [0.15, 0.2) is 54.6 Å². The molecule has 0 amide bonds. The summed E-state index contributed by atoms with van der Waals surface area (Å²) < 4.78 is 27.9. The average molecular weight is 569 g/mol. The summed E-state index contributed by atoms with van der Waals surface area (Å²) in [5, 5.41) is 18.5. The highest BCUT2D eigenvalue weighted by atomic mass is 19.1. The molecule has 214 valence electrons. The zero-order chi connectivity index (χ0) is 28.8. The molecule has 0 spiro atoms. The summed E-state index contributed by atoms with van der Waals surface area (Å²) in [6.07, 6.45) is 2.12. The monoisotopic (exact) mass is 568 g/mol. The predicted molar refractivity (Wildman–Crippen MR) is 151 cm³/mol. The van der Waals surface area contributed by atoms with Gasteiger partial charge in [0.25, 0.3) is 0 Å². The number of ether oxygens (including phenoxy) is 2. The molecule has 4 heterocycles. The lowest BCUT2D eigenvalue weighted by Gasteiger charge is -2.35. The number of halogens is 1. The maximum atomic E-state index is 14.3. The van der Waals surface area contributed by atoms with E-state index in [1.54, 1.807) is 36.4 Å². The number of rotatable bonds is 9.